The molecule has 3 heteroatoms. The summed E-state index contributed by atoms with van der Waals surface area (Å²) in [7, 11) is 1.31. The molecule has 0 aromatic rings. The molecule has 0 spiro atoms. The van der Waals surface area contributed by atoms with Gasteiger partial charge in [-0.25, -0.2) is 4.79 Å². The molecule has 0 bridgehead atoms. The molecule has 0 heterocycles. The Hall–Kier alpha value is -0.570. The molecule has 0 saturated heterocycles. The minimum atomic E-state index is -0.887. The van der Waals surface area contributed by atoms with Crippen molar-refractivity contribution in [2.45, 2.75) is 31.8 Å². The fourth-order valence-corrected chi connectivity index (χ4v) is 1.59. The van der Waals surface area contributed by atoms with Crippen LogP contribution in [0.5, 0.6) is 0 Å². The normalized spacial score (nSPS) is 21.6. The van der Waals surface area contributed by atoms with Gasteiger partial charge in [-0.15, -0.1) is 0 Å². The molecular formula is C8H14O3. The van der Waals surface area contributed by atoms with Gasteiger partial charge < -0.3 is 9.84 Å². The van der Waals surface area contributed by atoms with Crippen molar-refractivity contribution < 1.29 is 14.6 Å². The molecule has 64 valence electrons. The number of aliphatic hydroxyl groups excluding tert-OH is 1. The van der Waals surface area contributed by atoms with Crippen molar-refractivity contribution in [1.82, 2.24) is 0 Å². The first-order valence-corrected chi connectivity index (χ1v) is 4.01. The van der Waals surface area contributed by atoms with E-state index in [1.54, 1.807) is 0 Å². The van der Waals surface area contributed by atoms with E-state index in [-0.39, 0.29) is 5.92 Å². The van der Waals surface area contributed by atoms with E-state index in [4.69, 9.17) is 0 Å². The molecule has 1 rings (SSSR count). The lowest BCUT2D eigenvalue weighted by Crippen LogP contribution is -2.28. The second-order valence-electron chi connectivity index (χ2n) is 3.01. The first-order chi connectivity index (χ1) is 5.25. The van der Waals surface area contributed by atoms with E-state index in [1.807, 2.05) is 0 Å². The van der Waals surface area contributed by atoms with Crippen molar-refractivity contribution in [2.24, 2.45) is 5.92 Å². The van der Waals surface area contributed by atoms with Crippen LogP contribution in [0.2, 0.25) is 0 Å². The van der Waals surface area contributed by atoms with E-state index in [2.05, 4.69) is 4.74 Å². The first-order valence-electron chi connectivity index (χ1n) is 4.01. The number of rotatable bonds is 2. The molecule has 1 N–H and O–H groups in total. The van der Waals surface area contributed by atoms with Gasteiger partial charge in [-0.05, 0) is 18.8 Å². The number of hydrogen-bond acceptors (Lipinski definition) is 3. The van der Waals surface area contributed by atoms with Crippen molar-refractivity contribution in [2.75, 3.05) is 7.11 Å². The average molecular weight is 158 g/mol. The van der Waals surface area contributed by atoms with Crippen molar-refractivity contribution in [3.05, 3.63) is 0 Å². The highest BCUT2D eigenvalue weighted by Crippen LogP contribution is 2.27. The molecular weight excluding hydrogens is 144 g/mol. The van der Waals surface area contributed by atoms with Crippen LogP contribution in [0.3, 0.4) is 0 Å². The lowest BCUT2D eigenvalue weighted by atomic mass is 10.0. The summed E-state index contributed by atoms with van der Waals surface area (Å²) in [5.74, 6) is -0.348. The Morgan fingerprint density at radius 3 is 2.55 bits per heavy atom. The molecule has 3 nitrogen and oxygen atoms in total. The van der Waals surface area contributed by atoms with Crippen LogP contribution < -0.4 is 0 Å². The SMILES string of the molecule is COC(=O)[C@@H](O)C1CCCC1. The van der Waals surface area contributed by atoms with Crippen molar-refractivity contribution >= 4 is 5.97 Å². The molecule has 1 atom stereocenters. The van der Waals surface area contributed by atoms with E-state index in [9.17, 15) is 9.90 Å². The molecule has 0 aromatic heterocycles. The molecule has 1 saturated carbocycles. The van der Waals surface area contributed by atoms with Crippen LogP contribution in [0, 0.1) is 5.92 Å². The number of carbonyl (C=O) groups excluding carboxylic acids is 1. The predicted octanol–water partition coefficient (Wildman–Crippen LogP) is 0.710. The fourth-order valence-electron chi connectivity index (χ4n) is 1.59. The number of hydrogen-bond donors (Lipinski definition) is 1. The van der Waals surface area contributed by atoms with Gasteiger partial charge in [0.25, 0.3) is 0 Å². The van der Waals surface area contributed by atoms with Crippen LogP contribution in [0.1, 0.15) is 25.7 Å². The highest BCUT2D eigenvalue weighted by Gasteiger charge is 2.28. The Morgan fingerprint density at radius 1 is 1.55 bits per heavy atom. The molecule has 0 aromatic carbocycles. The number of aliphatic hydroxyl groups is 1. The van der Waals surface area contributed by atoms with Gasteiger partial charge in [0.2, 0.25) is 0 Å². The van der Waals surface area contributed by atoms with Crippen LogP contribution in [-0.4, -0.2) is 24.3 Å². The zero-order valence-corrected chi connectivity index (χ0v) is 6.75. The third-order valence-corrected chi connectivity index (χ3v) is 2.29. The maximum atomic E-state index is 10.8. The topological polar surface area (TPSA) is 46.5 Å². The number of esters is 1. The van der Waals surface area contributed by atoms with Crippen molar-refractivity contribution in [3.8, 4) is 0 Å². The zero-order valence-electron chi connectivity index (χ0n) is 6.75. The second kappa shape index (κ2) is 3.72. The van der Waals surface area contributed by atoms with Crippen molar-refractivity contribution in [3.63, 3.8) is 0 Å². The summed E-state index contributed by atoms with van der Waals surface area (Å²) in [6.07, 6.45) is 3.27. The van der Waals surface area contributed by atoms with E-state index in [0.29, 0.717) is 0 Å². The Labute approximate surface area is 66.4 Å². The van der Waals surface area contributed by atoms with Gasteiger partial charge >= 0.3 is 5.97 Å². The van der Waals surface area contributed by atoms with E-state index in [1.165, 1.54) is 7.11 Å². The van der Waals surface area contributed by atoms with Crippen LogP contribution >= 0.6 is 0 Å². The lowest BCUT2D eigenvalue weighted by molar-refractivity contribution is -0.153. The third-order valence-electron chi connectivity index (χ3n) is 2.29. The monoisotopic (exact) mass is 158 g/mol. The van der Waals surface area contributed by atoms with Gasteiger partial charge in [-0.2, -0.15) is 0 Å². The second-order valence-corrected chi connectivity index (χ2v) is 3.01. The maximum absolute atomic E-state index is 10.8. The fraction of sp³-hybridized carbons (Fsp3) is 0.875. The summed E-state index contributed by atoms with van der Waals surface area (Å²) in [5, 5.41) is 9.34. The van der Waals surface area contributed by atoms with Gasteiger partial charge in [0, 0.05) is 0 Å². The Balaban J connectivity index is 2.39. The van der Waals surface area contributed by atoms with Gasteiger partial charge in [-0.1, -0.05) is 12.8 Å². The van der Waals surface area contributed by atoms with Crippen molar-refractivity contribution in [1.29, 1.82) is 0 Å². The molecule has 0 aliphatic heterocycles. The highest BCUT2D eigenvalue weighted by molar-refractivity contribution is 5.74. The lowest BCUT2D eigenvalue weighted by Gasteiger charge is -2.14. The Kier molecular flexibility index (Phi) is 2.88. The summed E-state index contributed by atoms with van der Waals surface area (Å²) < 4.78 is 4.44. The summed E-state index contributed by atoms with van der Waals surface area (Å²) in [6.45, 7) is 0. The minimum absolute atomic E-state index is 0.141. The minimum Gasteiger partial charge on any atom is -0.467 e. The van der Waals surface area contributed by atoms with Gasteiger partial charge in [0.1, 0.15) is 0 Å². The third kappa shape index (κ3) is 1.93. The number of carbonyl (C=O) groups is 1. The smallest absolute Gasteiger partial charge is 0.334 e. The molecule has 0 radical (unpaired) electrons. The number of methoxy groups -OCH3 is 1. The van der Waals surface area contributed by atoms with Gasteiger partial charge in [0.05, 0.1) is 7.11 Å². The quantitative estimate of drug-likeness (QED) is 0.602. The van der Waals surface area contributed by atoms with Gasteiger partial charge in [0.15, 0.2) is 6.10 Å². The maximum Gasteiger partial charge on any atom is 0.334 e. The van der Waals surface area contributed by atoms with E-state index >= 15 is 0 Å². The Bertz CT molecular complexity index is 138. The Morgan fingerprint density at radius 2 is 2.09 bits per heavy atom. The predicted molar refractivity (Wildman–Crippen MR) is 40.0 cm³/mol. The molecule has 1 aliphatic carbocycles. The standard InChI is InChI=1S/C8H14O3/c1-11-8(10)7(9)6-4-2-3-5-6/h6-7,9H,2-5H2,1H3/t7-/m0/s1. The molecule has 0 amide bonds. The summed E-state index contributed by atoms with van der Waals surface area (Å²) in [5.41, 5.74) is 0. The van der Waals surface area contributed by atoms with E-state index < -0.39 is 12.1 Å². The zero-order chi connectivity index (χ0) is 8.27. The van der Waals surface area contributed by atoms with E-state index in [0.717, 1.165) is 25.7 Å². The molecule has 11 heavy (non-hydrogen) atoms. The summed E-state index contributed by atoms with van der Waals surface area (Å²) in [4.78, 5) is 10.8. The highest BCUT2D eigenvalue weighted by atomic mass is 16.5. The van der Waals surface area contributed by atoms with Crippen LogP contribution in [-0.2, 0) is 9.53 Å². The first kappa shape index (κ1) is 8.53. The van der Waals surface area contributed by atoms with Crippen LogP contribution in [0.4, 0.5) is 0 Å². The molecule has 1 fully saturated rings. The van der Waals surface area contributed by atoms with Gasteiger partial charge in [-0.3, -0.25) is 0 Å². The van der Waals surface area contributed by atoms with Crippen LogP contribution in [0.15, 0.2) is 0 Å². The molecule has 1 aliphatic rings. The number of ether oxygens (including phenoxy) is 1. The average Bonchev–Trinajstić information content (AvgIpc) is 2.53. The summed E-state index contributed by atoms with van der Waals surface area (Å²) in [6, 6.07) is 0. The largest absolute Gasteiger partial charge is 0.467 e. The molecule has 0 unspecified atom stereocenters. The summed E-state index contributed by atoms with van der Waals surface area (Å²) >= 11 is 0. The van der Waals surface area contributed by atoms with Crippen LogP contribution in [0.25, 0.3) is 0 Å².